The number of ether oxygens (including phenoxy) is 3. The average Bonchev–Trinajstić information content (AvgIpc) is 2.82. The van der Waals surface area contributed by atoms with Crippen molar-refractivity contribution in [3.05, 3.63) is 68.8 Å². The molecule has 1 aliphatic rings. The van der Waals surface area contributed by atoms with Crippen LogP contribution in [0.2, 0.25) is 10.0 Å². The van der Waals surface area contributed by atoms with Gasteiger partial charge in [-0.05, 0) is 49.8 Å². The minimum atomic E-state index is -0.625. The fourth-order valence-electron chi connectivity index (χ4n) is 3.46. The zero-order valence-electron chi connectivity index (χ0n) is 19.7. The lowest BCUT2D eigenvalue weighted by Gasteiger charge is -2.30. The third kappa shape index (κ3) is 6.66. The molecular formula is C24H24Cl2N4O5S. The summed E-state index contributed by atoms with van der Waals surface area (Å²) in [5.74, 6) is -0.241. The number of esters is 1. The van der Waals surface area contributed by atoms with Crippen LogP contribution in [-0.2, 0) is 14.3 Å². The Balaban J connectivity index is 1.70. The average molecular weight is 551 g/mol. The second-order valence-electron chi connectivity index (χ2n) is 7.43. The quantitative estimate of drug-likeness (QED) is 0.187. The summed E-state index contributed by atoms with van der Waals surface area (Å²) in [4.78, 5) is 25.0. The zero-order chi connectivity index (χ0) is 26.2. The molecule has 190 valence electrons. The molecule has 0 saturated carbocycles. The van der Waals surface area contributed by atoms with Gasteiger partial charge in [0.15, 0.2) is 17.5 Å². The number of rotatable bonds is 9. The highest BCUT2D eigenvalue weighted by Gasteiger charge is 2.32. The number of carbonyl (C=O) groups is 2. The maximum absolute atomic E-state index is 12.6. The van der Waals surface area contributed by atoms with E-state index in [1.54, 1.807) is 50.2 Å². The number of hydrogen-bond acceptors (Lipinski definition) is 7. The number of para-hydroxylation sites is 1. The molecule has 0 fully saturated rings. The van der Waals surface area contributed by atoms with Crippen molar-refractivity contribution in [1.29, 1.82) is 0 Å². The summed E-state index contributed by atoms with van der Waals surface area (Å²) in [7, 11) is 1.46. The summed E-state index contributed by atoms with van der Waals surface area (Å²) in [5, 5.41) is 10.9. The number of amides is 1. The molecule has 9 nitrogen and oxygen atoms in total. The predicted octanol–water partition coefficient (Wildman–Crippen LogP) is 3.89. The molecule has 1 heterocycles. The lowest BCUT2D eigenvalue weighted by molar-refractivity contribution is -0.139. The summed E-state index contributed by atoms with van der Waals surface area (Å²) >= 11 is 17.5. The Morgan fingerprint density at radius 3 is 2.58 bits per heavy atom. The van der Waals surface area contributed by atoms with Crippen molar-refractivity contribution in [3.8, 4) is 11.5 Å². The molecule has 36 heavy (non-hydrogen) atoms. The highest BCUT2D eigenvalue weighted by molar-refractivity contribution is 7.80. The molecule has 3 rings (SSSR count). The van der Waals surface area contributed by atoms with Crippen molar-refractivity contribution in [1.82, 2.24) is 16.1 Å². The van der Waals surface area contributed by atoms with E-state index in [1.807, 2.05) is 0 Å². The fraction of sp³-hybridized carbons (Fsp3) is 0.250. The second-order valence-corrected chi connectivity index (χ2v) is 8.65. The molecule has 1 aliphatic heterocycles. The maximum Gasteiger partial charge on any atom is 0.338 e. The third-order valence-electron chi connectivity index (χ3n) is 4.98. The summed E-state index contributed by atoms with van der Waals surface area (Å²) in [6.45, 7) is 3.36. The minimum absolute atomic E-state index is 0.223. The summed E-state index contributed by atoms with van der Waals surface area (Å²) in [6.07, 6.45) is 1.39. The van der Waals surface area contributed by atoms with Crippen LogP contribution in [0.5, 0.6) is 11.5 Å². The van der Waals surface area contributed by atoms with Gasteiger partial charge >= 0.3 is 5.97 Å². The topological polar surface area (TPSA) is 110 Å². The third-order valence-corrected chi connectivity index (χ3v) is 5.76. The molecule has 0 aromatic heterocycles. The number of hydrogen-bond donors (Lipinski definition) is 3. The Hall–Kier alpha value is -3.34. The first-order valence-electron chi connectivity index (χ1n) is 10.8. The molecule has 0 spiro atoms. The standard InChI is InChI=1S/C24H24Cl2N4O5S/c1-4-34-23(32)20-13(2)28-24(36)29-21(20)15-7-5-6-8-18(15)35-12-19(31)30-27-11-14-9-16(25)22(33-3)17(26)10-14/h5-11,21H,4,12H2,1-3H3,(H,30,31)(H2,28,29,36)/t21-/m0/s1. The van der Waals surface area contributed by atoms with Gasteiger partial charge in [-0.1, -0.05) is 41.4 Å². The summed E-state index contributed by atoms with van der Waals surface area (Å²) in [6, 6.07) is 9.59. The largest absolute Gasteiger partial charge is 0.494 e. The van der Waals surface area contributed by atoms with Gasteiger partial charge in [0.25, 0.3) is 5.91 Å². The van der Waals surface area contributed by atoms with Crippen LogP contribution < -0.4 is 25.5 Å². The van der Waals surface area contributed by atoms with E-state index >= 15 is 0 Å². The highest BCUT2D eigenvalue weighted by Crippen LogP contribution is 2.34. The molecule has 0 aliphatic carbocycles. The van der Waals surface area contributed by atoms with Gasteiger partial charge in [-0.15, -0.1) is 0 Å². The molecule has 2 aromatic rings. The Labute approximate surface area is 223 Å². The number of hydrazone groups is 1. The molecule has 1 amide bonds. The van der Waals surface area contributed by atoms with Crippen molar-refractivity contribution in [2.24, 2.45) is 5.10 Å². The van der Waals surface area contributed by atoms with Crippen LogP contribution >= 0.6 is 35.4 Å². The molecule has 12 heteroatoms. The SMILES string of the molecule is CCOC(=O)C1=C(C)NC(=S)N[C@H]1c1ccccc1OCC(=O)NN=Cc1cc(Cl)c(OC)c(Cl)c1. The minimum Gasteiger partial charge on any atom is -0.494 e. The van der Waals surface area contributed by atoms with Crippen molar-refractivity contribution in [2.45, 2.75) is 19.9 Å². The Morgan fingerprint density at radius 2 is 1.92 bits per heavy atom. The van der Waals surface area contributed by atoms with Crippen molar-refractivity contribution in [2.75, 3.05) is 20.3 Å². The lowest BCUT2D eigenvalue weighted by Crippen LogP contribution is -2.45. The molecule has 0 unspecified atom stereocenters. The van der Waals surface area contributed by atoms with E-state index in [2.05, 4.69) is 21.2 Å². The maximum atomic E-state index is 12.6. The predicted molar refractivity (Wildman–Crippen MR) is 142 cm³/mol. The molecule has 0 saturated heterocycles. The fourth-order valence-corrected chi connectivity index (χ4v) is 4.39. The zero-order valence-corrected chi connectivity index (χ0v) is 22.0. The number of allylic oxidation sites excluding steroid dienone is 1. The van der Waals surface area contributed by atoms with Crippen LogP contribution in [0.1, 0.15) is 31.0 Å². The van der Waals surface area contributed by atoms with Crippen LogP contribution in [0.3, 0.4) is 0 Å². The van der Waals surface area contributed by atoms with E-state index in [-0.39, 0.29) is 13.2 Å². The monoisotopic (exact) mass is 550 g/mol. The van der Waals surface area contributed by atoms with Gasteiger partial charge in [-0.3, -0.25) is 4.79 Å². The Morgan fingerprint density at radius 1 is 1.22 bits per heavy atom. The van der Waals surface area contributed by atoms with Gasteiger partial charge < -0.3 is 24.8 Å². The van der Waals surface area contributed by atoms with E-state index in [4.69, 9.17) is 49.6 Å². The van der Waals surface area contributed by atoms with E-state index in [0.717, 1.165) is 0 Å². The van der Waals surface area contributed by atoms with Crippen molar-refractivity contribution in [3.63, 3.8) is 0 Å². The van der Waals surface area contributed by atoms with Gasteiger partial charge in [0, 0.05) is 11.3 Å². The molecule has 2 aromatic carbocycles. The molecule has 3 N–H and O–H groups in total. The number of nitrogens with one attached hydrogen (secondary N) is 3. The Kier molecular flexibility index (Phi) is 9.51. The van der Waals surface area contributed by atoms with Crippen LogP contribution in [0.25, 0.3) is 0 Å². The van der Waals surface area contributed by atoms with Gasteiger partial charge in [0.1, 0.15) is 5.75 Å². The van der Waals surface area contributed by atoms with Crippen LogP contribution in [-0.4, -0.2) is 43.5 Å². The molecular weight excluding hydrogens is 527 g/mol. The normalized spacial score (nSPS) is 15.2. The number of thiocarbonyl (C=S) groups is 1. The molecule has 0 radical (unpaired) electrons. The second kappa shape index (κ2) is 12.6. The number of methoxy groups -OCH3 is 1. The van der Waals surface area contributed by atoms with E-state index in [1.165, 1.54) is 13.3 Å². The summed E-state index contributed by atoms with van der Waals surface area (Å²) in [5.41, 5.74) is 4.51. The number of halogens is 2. The van der Waals surface area contributed by atoms with E-state index in [9.17, 15) is 9.59 Å². The van der Waals surface area contributed by atoms with E-state index < -0.39 is 17.9 Å². The number of nitrogens with zero attached hydrogens (tertiary/aromatic N) is 1. The summed E-state index contributed by atoms with van der Waals surface area (Å²) < 4.78 is 16.1. The van der Waals surface area contributed by atoms with Gasteiger partial charge in [0.05, 0.1) is 41.6 Å². The smallest absolute Gasteiger partial charge is 0.338 e. The highest BCUT2D eigenvalue weighted by atomic mass is 35.5. The van der Waals surface area contributed by atoms with Gasteiger partial charge in [-0.2, -0.15) is 5.10 Å². The van der Waals surface area contributed by atoms with Crippen LogP contribution in [0.15, 0.2) is 52.8 Å². The molecule has 1 atom stereocenters. The molecule has 0 bridgehead atoms. The Bertz CT molecular complexity index is 1210. The van der Waals surface area contributed by atoms with Crippen molar-refractivity contribution < 1.29 is 23.8 Å². The van der Waals surface area contributed by atoms with Crippen LogP contribution in [0.4, 0.5) is 0 Å². The lowest BCUT2D eigenvalue weighted by atomic mass is 9.95. The van der Waals surface area contributed by atoms with Gasteiger partial charge in [0.2, 0.25) is 0 Å². The number of benzene rings is 2. The van der Waals surface area contributed by atoms with E-state index in [0.29, 0.717) is 49.1 Å². The van der Waals surface area contributed by atoms with Crippen molar-refractivity contribution >= 4 is 58.6 Å². The van der Waals surface area contributed by atoms with Crippen LogP contribution in [0, 0.1) is 0 Å². The number of carbonyl (C=O) groups excluding carboxylic acids is 2. The van der Waals surface area contributed by atoms with Gasteiger partial charge in [-0.25, -0.2) is 10.2 Å². The first kappa shape index (κ1) is 27.3. The first-order valence-corrected chi connectivity index (χ1v) is 11.9. The first-order chi connectivity index (χ1) is 17.2.